The lowest BCUT2D eigenvalue weighted by Crippen LogP contribution is -2.19. The fraction of sp³-hybridized carbons (Fsp3) is 0.556. The molecule has 0 spiro atoms. The molecule has 3 N–H and O–H groups in total. The van der Waals surface area contributed by atoms with E-state index in [4.69, 9.17) is 4.74 Å². The highest BCUT2D eigenvalue weighted by atomic mass is 16.6. The third-order valence-corrected chi connectivity index (χ3v) is 4.82. The fourth-order valence-electron chi connectivity index (χ4n) is 3.64. The Morgan fingerprint density at radius 3 is 2.73 bits per heavy atom. The predicted molar refractivity (Wildman–Crippen MR) is 83.0 cm³/mol. The third-order valence-electron chi connectivity index (χ3n) is 4.82. The molecule has 0 aromatic heterocycles. The van der Waals surface area contributed by atoms with Gasteiger partial charge in [0.25, 0.3) is 0 Å². The van der Waals surface area contributed by atoms with E-state index >= 15 is 0 Å². The Hall–Kier alpha value is -1.20. The van der Waals surface area contributed by atoms with Crippen molar-refractivity contribution in [3.05, 3.63) is 48.0 Å². The minimum absolute atomic E-state index is 0.0338. The van der Waals surface area contributed by atoms with Gasteiger partial charge in [-0.1, -0.05) is 42.5 Å². The quantitative estimate of drug-likeness (QED) is 0.723. The zero-order valence-electron chi connectivity index (χ0n) is 12.6. The van der Waals surface area contributed by atoms with Crippen molar-refractivity contribution in [2.75, 3.05) is 0 Å². The van der Waals surface area contributed by atoms with Crippen molar-refractivity contribution in [3.8, 4) is 0 Å². The van der Waals surface area contributed by atoms with Crippen molar-refractivity contribution in [3.63, 3.8) is 0 Å². The summed E-state index contributed by atoms with van der Waals surface area (Å²) >= 11 is 0. The van der Waals surface area contributed by atoms with E-state index in [0.29, 0.717) is 19.3 Å². The SMILES string of the molecule is OC1C[C@H]2C(C[C@@H](O)[C@@H]2/C=C/[C@@H](O)CCc2ccccc2)O1. The van der Waals surface area contributed by atoms with Gasteiger partial charge in [0.2, 0.25) is 0 Å². The van der Waals surface area contributed by atoms with Gasteiger partial charge in [0, 0.05) is 18.8 Å². The van der Waals surface area contributed by atoms with Gasteiger partial charge in [-0.05, 0) is 24.3 Å². The highest BCUT2D eigenvalue weighted by Crippen LogP contribution is 2.43. The number of benzene rings is 1. The number of fused-ring (bicyclic) bond motifs is 1. The Kier molecular flexibility index (Phi) is 4.93. The molecule has 0 radical (unpaired) electrons. The molecule has 1 aliphatic carbocycles. The lowest BCUT2D eigenvalue weighted by Gasteiger charge is -2.16. The first kappa shape index (κ1) is 15.7. The second-order valence-corrected chi connectivity index (χ2v) is 6.39. The maximum absolute atomic E-state index is 10.1. The highest BCUT2D eigenvalue weighted by Gasteiger charge is 2.47. The molecule has 1 aliphatic heterocycles. The average molecular weight is 304 g/mol. The van der Waals surface area contributed by atoms with Gasteiger partial charge >= 0.3 is 0 Å². The second-order valence-electron chi connectivity index (χ2n) is 6.39. The van der Waals surface area contributed by atoms with Crippen LogP contribution in [0.25, 0.3) is 0 Å². The maximum atomic E-state index is 10.1. The molecule has 2 aliphatic rings. The number of hydrogen-bond donors (Lipinski definition) is 3. The molecule has 0 amide bonds. The standard InChI is InChI=1S/C18H24O4/c19-13(7-6-12-4-2-1-3-5-12)8-9-14-15-10-18(21)22-17(15)11-16(14)20/h1-5,8-9,13-21H,6-7,10-11H2/b9-8+/t13-,14+,15+,16+,17?,18?/m0/s1. The van der Waals surface area contributed by atoms with Crippen LogP contribution in [0.1, 0.15) is 24.8 Å². The number of hydrogen-bond acceptors (Lipinski definition) is 4. The summed E-state index contributed by atoms with van der Waals surface area (Å²) in [6.07, 6.45) is 4.59. The summed E-state index contributed by atoms with van der Waals surface area (Å²) in [4.78, 5) is 0. The summed E-state index contributed by atoms with van der Waals surface area (Å²) in [7, 11) is 0. The van der Waals surface area contributed by atoms with Gasteiger partial charge in [-0.3, -0.25) is 0 Å². The molecule has 22 heavy (non-hydrogen) atoms. The Morgan fingerprint density at radius 1 is 1.18 bits per heavy atom. The van der Waals surface area contributed by atoms with E-state index in [0.717, 1.165) is 6.42 Å². The molecule has 0 bridgehead atoms. The number of ether oxygens (including phenoxy) is 1. The van der Waals surface area contributed by atoms with E-state index < -0.39 is 18.5 Å². The summed E-state index contributed by atoms with van der Waals surface area (Å²) in [5, 5.41) is 29.8. The van der Waals surface area contributed by atoms with Gasteiger partial charge in [0.1, 0.15) is 0 Å². The van der Waals surface area contributed by atoms with Crippen LogP contribution >= 0.6 is 0 Å². The van der Waals surface area contributed by atoms with Gasteiger partial charge in [-0.2, -0.15) is 0 Å². The van der Waals surface area contributed by atoms with Crippen molar-refractivity contribution >= 4 is 0 Å². The molecule has 1 saturated carbocycles. The zero-order chi connectivity index (χ0) is 15.5. The van der Waals surface area contributed by atoms with E-state index in [9.17, 15) is 15.3 Å². The van der Waals surface area contributed by atoms with Crippen molar-refractivity contribution < 1.29 is 20.1 Å². The zero-order valence-corrected chi connectivity index (χ0v) is 12.6. The number of rotatable bonds is 5. The lowest BCUT2D eigenvalue weighted by atomic mass is 9.91. The molecule has 6 atom stereocenters. The van der Waals surface area contributed by atoms with Crippen LogP contribution in [0.3, 0.4) is 0 Å². The smallest absolute Gasteiger partial charge is 0.155 e. The monoisotopic (exact) mass is 304 g/mol. The Morgan fingerprint density at radius 2 is 1.95 bits per heavy atom. The van der Waals surface area contributed by atoms with Crippen LogP contribution in [0, 0.1) is 11.8 Å². The first-order valence-corrected chi connectivity index (χ1v) is 8.05. The van der Waals surface area contributed by atoms with Crippen LogP contribution < -0.4 is 0 Å². The molecule has 120 valence electrons. The van der Waals surface area contributed by atoms with Crippen molar-refractivity contribution in [1.29, 1.82) is 0 Å². The largest absolute Gasteiger partial charge is 0.392 e. The van der Waals surface area contributed by atoms with Crippen molar-refractivity contribution in [2.24, 2.45) is 11.8 Å². The predicted octanol–water partition coefficient (Wildman–Crippen LogP) is 1.64. The summed E-state index contributed by atoms with van der Waals surface area (Å²) in [5.41, 5.74) is 1.21. The summed E-state index contributed by atoms with van der Waals surface area (Å²) < 4.78 is 5.40. The van der Waals surface area contributed by atoms with Crippen LogP contribution in [-0.4, -0.2) is 39.9 Å². The van der Waals surface area contributed by atoms with Crippen LogP contribution in [0.4, 0.5) is 0 Å². The van der Waals surface area contributed by atoms with Gasteiger partial charge in [0.15, 0.2) is 6.29 Å². The minimum Gasteiger partial charge on any atom is -0.392 e. The van der Waals surface area contributed by atoms with Crippen LogP contribution in [-0.2, 0) is 11.2 Å². The van der Waals surface area contributed by atoms with E-state index in [2.05, 4.69) is 12.1 Å². The molecule has 1 aromatic carbocycles. The normalized spacial score (nSPS) is 35.9. The van der Waals surface area contributed by atoms with Gasteiger partial charge in [-0.25, -0.2) is 0 Å². The topological polar surface area (TPSA) is 69.9 Å². The molecule has 4 nitrogen and oxygen atoms in total. The van der Waals surface area contributed by atoms with Gasteiger partial charge < -0.3 is 20.1 Å². The molecule has 3 rings (SSSR count). The molecule has 1 saturated heterocycles. The first-order valence-electron chi connectivity index (χ1n) is 8.05. The summed E-state index contributed by atoms with van der Waals surface area (Å²) in [6.45, 7) is 0. The van der Waals surface area contributed by atoms with E-state index in [1.807, 2.05) is 24.3 Å². The number of aliphatic hydroxyl groups excluding tert-OH is 3. The van der Waals surface area contributed by atoms with E-state index in [1.54, 1.807) is 6.08 Å². The van der Waals surface area contributed by atoms with E-state index in [-0.39, 0.29) is 17.9 Å². The molecule has 2 fully saturated rings. The molecule has 2 unspecified atom stereocenters. The van der Waals surface area contributed by atoms with Gasteiger partial charge in [0.05, 0.1) is 18.3 Å². The summed E-state index contributed by atoms with van der Waals surface area (Å²) in [5.74, 6) is 0.121. The molecule has 1 aromatic rings. The van der Waals surface area contributed by atoms with Crippen molar-refractivity contribution in [2.45, 2.75) is 50.3 Å². The molecule has 1 heterocycles. The maximum Gasteiger partial charge on any atom is 0.155 e. The minimum atomic E-state index is -0.707. The lowest BCUT2D eigenvalue weighted by molar-refractivity contribution is -0.0949. The second kappa shape index (κ2) is 6.92. The Labute approximate surface area is 131 Å². The first-order chi connectivity index (χ1) is 10.6. The Bertz CT molecular complexity index is 501. The van der Waals surface area contributed by atoms with Gasteiger partial charge in [-0.15, -0.1) is 0 Å². The molecular weight excluding hydrogens is 280 g/mol. The fourth-order valence-corrected chi connectivity index (χ4v) is 3.64. The average Bonchev–Trinajstić information content (AvgIpc) is 2.99. The van der Waals surface area contributed by atoms with Crippen LogP contribution in [0.15, 0.2) is 42.5 Å². The van der Waals surface area contributed by atoms with Crippen LogP contribution in [0.2, 0.25) is 0 Å². The number of aryl methyl sites for hydroxylation is 1. The molecular formula is C18H24O4. The summed E-state index contributed by atoms with van der Waals surface area (Å²) in [6, 6.07) is 10.1. The van der Waals surface area contributed by atoms with Crippen molar-refractivity contribution in [1.82, 2.24) is 0 Å². The highest BCUT2D eigenvalue weighted by molar-refractivity contribution is 5.15. The van der Waals surface area contributed by atoms with Crippen LogP contribution in [0.5, 0.6) is 0 Å². The van der Waals surface area contributed by atoms with E-state index in [1.165, 1.54) is 5.56 Å². The third kappa shape index (κ3) is 3.58. The Balaban J connectivity index is 1.52. The molecule has 4 heteroatoms. The number of aliphatic hydroxyl groups is 3.